The van der Waals surface area contributed by atoms with E-state index in [-0.39, 0.29) is 11.7 Å². The highest BCUT2D eigenvalue weighted by atomic mass is 35.5. The van der Waals surface area contributed by atoms with Gasteiger partial charge >= 0.3 is 0 Å². The van der Waals surface area contributed by atoms with Gasteiger partial charge in [-0.05, 0) is 72.3 Å². The van der Waals surface area contributed by atoms with Crippen LogP contribution in [0.3, 0.4) is 0 Å². The molecule has 0 fully saturated rings. The first-order valence-electron chi connectivity index (χ1n) is 9.57. The molecule has 0 spiro atoms. The summed E-state index contributed by atoms with van der Waals surface area (Å²) in [5.74, 6) is 0.0766. The number of rotatable bonds is 6. The van der Waals surface area contributed by atoms with Crippen molar-refractivity contribution >= 4 is 29.0 Å². The van der Waals surface area contributed by atoms with Gasteiger partial charge in [0.2, 0.25) is 0 Å². The molecular weight excluding hydrogens is 415 g/mol. The third kappa shape index (κ3) is 5.24. The summed E-state index contributed by atoms with van der Waals surface area (Å²) in [7, 11) is 0. The second-order valence-electron chi connectivity index (χ2n) is 6.79. The van der Waals surface area contributed by atoms with E-state index in [1.807, 2.05) is 18.2 Å². The van der Waals surface area contributed by atoms with Gasteiger partial charge < -0.3 is 10.6 Å². The Balaban J connectivity index is 1.36. The maximum atomic E-state index is 13.0. The molecule has 154 valence electrons. The van der Waals surface area contributed by atoms with Crippen molar-refractivity contribution in [1.82, 2.24) is 15.5 Å². The van der Waals surface area contributed by atoms with Crippen LogP contribution in [0.2, 0.25) is 5.02 Å². The Morgan fingerprint density at radius 2 is 1.61 bits per heavy atom. The standard InChI is InChI=1S/C24H18ClFN4O/c25-21-4-2-1-3-18(21)15-27-24(31)17-7-11-20(12-8-17)28-23-14-13-22(29-30-23)16-5-9-19(26)10-6-16/h1-14H,15H2,(H,27,31)(H,28,30). The summed E-state index contributed by atoms with van der Waals surface area (Å²) in [6.45, 7) is 0.356. The molecular formula is C24H18ClFN4O. The number of anilines is 2. The Labute approximate surface area is 183 Å². The first-order chi connectivity index (χ1) is 15.1. The van der Waals surface area contributed by atoms with Crippen molar-refractivity contribution in [3.05, 3.63) is 107 Å². The molecule has 0 atom stereocenters. The summed E-state index contributed by atoms with van der Waals surface area (Å²) >= 11 is 6.12. The molecule has 5 nitrogen and oxygen atoms in total. The van der Waals surface area contributed by atoms with E-state index in [1.54, 1.807) is 54.6 Å². The average Bonchev–Trinajstić information content (AvgIpc) is 2.80. The van der Waals surface area contributed by atoms with E-state index in [2.05, 4.69) is 20.8 Å². The van der Waals surface area contributed by atoms with E-state index in [0.29, 0.717) is 28.6 Å². The van der Waals surface area contributed by atoms with E-state index >= 15 is 0 Å². The molecule has 0 bridgehead atoms. The fourth-order valence-corrected chi connectivity index (χ4v) is 3.15. The Kier molecular flexibility index (Phi) is 6.19. The quantitative estimate of drug-likeness (QED) is 0.415. The third-order valence-electron chi connectivity index (χ3n) is 4.62. The van der Waals surface area contributed by atoms with Gasteiger partial charge in [-0.15, -0.1) is 10.2 Å². The van der Waals surface area contributed by atoms with Crippen molar-refractivity contribution in [3.63, 3.8) is 0 Å². The van der Waals surface area contributed by atoms with E-state index in [0.717, 1.165) is 16.8 Å². The van der Waals surface area contributed by atoms with Gasteiger partial charge in [0.25, 0.3) is 5.91 Å². The van der Waals surface area contributed by atoms with Crippen molar-refractivity contribution in [2.24, 2.45) is 0 Å². The van der Waals surface area contributed by atoms with E-state index in [4.69, 9.17) is 11.6 Å². The summed E-state index contributed by atoms with van der Waals surface area (Å²) in [5, 5.41) is 14.9. The van der Waals surface area contributed by atoms with Crippen LogP contribution in [0, 0.1) is 5.82 Å². The number of halogens is 2. The Hall–Kier alpha value is -3.77. The molecule has 0 saturated heterocycles. The second kappa shape index (κ2) is 9.36. The van der Waals surface area contributed by atoms with Crippen LogP contribution in [0.4, 0.5) is 15.9 Å². The van der Waals surface area contributed by atoms with Crippen LogP contribution < -0.4 is 10.6 Å². The zero-order chi connectivity index (χ0) is 21.6. The second-order valence-corrected chi connectivity index (χ2v) is 7.19. The molecule has 1 amide bonds. The zero-order valence-corrected chi connectivity index (χ0v) is 17.1. The maximum absolute atomic E-state index is 13.0. The molecule has 2 N–H and O–H groups in total. The van der Waals surface area contributed by atoms with Crippen LogP contribution in [0.1, 0.15) is 15.9 Å². The maximum Gasteiger partial charge on any atom is 0.251 e. The lowest BCUT2D eigenvalue weighted by molar-refractivity contribution is 0.0951. The minimum Gasteiger partial charge on any atom is -0.348 e. The molecule has 4 rings (SSSR count). The number of hydrogen-bond donors (Lipinski definition) is 2. The summed E-state index contributed by atoms with van der Waals surface area (Å²) < 4.78 is 13.0. The summed E-state index contributed by atoms with van der Waals surface area (Å²) in [4.78, 5) is 12.4. The summed E-state index contributed by atoms with van der Waals surface area (Å²) in [6.07, 6.45) is 0. The number of carbonyl (C=O) groups is 1. The van der Waals surface area contributed by atoms with Gasteiger partial charge in [-0.25, -0.2) is 4.39 Å². The van der Waals surface area contributed by atoms with E-state index < -0.39 is 0 Å². The molecule has 0 aliphatic heterocycles. The Morgan fingerprint density at radius 3 is 2.29 bits per heavy atom. The number of aromatic nitrogens is 2. The van der Waals surface area contributed by atoms with Gasteiger partial charge in [-0.1, -0.05) is 29.8 Å². The van der Waals surface area contributed by atoms with Crippen LogP contribution in [-0.4, -0.2) is 16.1 Å². The highest BCUT2D eigenvalue weighted by Gasteiger charge is 2.07. The summed E-state index contributed by atoms with van der Waals surface area (Å²) in [5.41, 5.74) is 3.60. The fraction of sp³-hybridized carbons (Fsp3) is 0.0417. The first kappa shape index (κ1) is 20.5. The molecule has 0 unspecified atom stereocenters. The van der Waals surface area contributed by atoms with Gasteiger partial charge in [0, 0.05) is 28.4 Å². The number of amides is 1. The number of hydrogen-bond acceptors (Lipinski definition) is 4. The molecule has 1 aromatic heterocycles. The van der Waals surface area contributed by atoms with Crippen LogP contribution >= 0.6 is 11.6 Å². The van der Waals surface area contributed by atoms with Crippen molar-refractivity contribution in [3.8, 4) is 11.3 Å². The molecule has 0 saturated carbocycles. The van der Waals surface area contributed by atoms with Crippen molar-refractivity contribution < 1.29 is 9.18 Å². The largest absolute Gasteiger partial charge is 0.348 e. The first-order valence-corrected chi connectivity index (χ1v) is 9.95. The smallest absolute Gasteiger partial charge is 0.251 e. The van der Waals surface area contributed by atoms with Crippen LogP contribution in [-0.2, 0) is 6.54 Å². The van der Waals surface area contributed by atoms with Crippen LogP contribution in [0.5, 0.6) is 0 Å². The van der Waals surface area contributed by atoms with Crippen LogP contribution in [0.15, 0.2) is 84.9 Å². The molecule has 1 heterocycles. The molecule has 3 aromatic carbocycles. The monoisotopic (exact) mass is 432 g/mol. The number of carbonyl (C=O) groups excluding carboxylic acids is 1. The Bertz CT molecular complexity index is 1180. The molecule has 0 radical (unpaired) electrons. The van der Waals surface area contributed by atoms with Gasteiger partial charge in [0.05, 0.1) is 5.69 Å². The van der Waals surface area contributed by atoms with E-state index in [9.17, 15) is 9.18 Å². The lowest BCUT2D eigenvalue weighted by Crippen LogP contribution is -2.22. The van der Waals surface area contributed by atoms with Crippen molar-refractivity contribution in [1.29, 1.82) is 0 Å². The zero-order valence-electron chi connectivity index (χ0n) is 16.3. The highest BCUT2D eigenvalue weighted by Crippen LogP contribution is 2.20. The Morgan fingerprint density at radius 1 is 0.871 bits per heavy atom. The fourth-order valence-electron chi connectivity index (χ4n) is 2.95. The minimum atomic E-state index is -0.295. The SMILES string of the molecule is O=C(NCc1ccccc1Cl)c1ccc(Nc2ccc(-c3ccc(F)cc3)nn2)cc1. The summed E-state index contributed by atoms with van der Waals surface area (Å²) in [6, 6.07) is 24.1. The van der Waals surface area contributed by atoms with Gasteiger partial charge in [-0.3, -0.25) is 4.79 Å². The predicted octanol–water partition coefficient (Wildman–Crippen LogP) is 5.61. The highest BCUT2D eigenvalue weighted by molar-refractivity contribution is 6.31. The number of nitrogens with zero attached hydrogens (tertiary/aromatic N) is 2. The normalized spacial score (nSPS) is 10.5. The van der Waals surface area contributed by atoms with Crippen molar-refractivity contribution in [2.75, 3.05) is 5.32 Å². The van der Waals surface area contributed by atoms with Crippen LogP contribution in [0.25, 0.3) is 11.3 Å². The molecule has 4 aromatic rings. The predicted molar refractivity (Wildman–Crippen MR) is 120 cm³/mol. The topological polar surface area (TPSA) is 66.9 Å². The van der Waals surface area contributed by atoms with Gasteiger partial charge in [-0.2, -0.15) is 0 Å². The lowest BCUT2D eigenvalue weighted by Gasteiger charge is -2.09. The van der Waals surface area contributed by atoms with E-state index in [1.165, 1.54) is 12.1 Å². The third-order valence-corrected chi connectivity index (χ3v) is 4.99. The number of benzene rings is 3. The van der Waals surface area contributed by atoms with Crippen molar-refractivity contribution in [2.45, 2.75) is 6.54 Å². The average molecular weight is 433 g/mol. The minimum absolute atomic E-state index is 0.185. The lowest BCUT2D eigenvalue weighted by atomic mass is 10.1. The number of nitrogens with one attached hydrogen (secondary N) is 2. The molecule has 7 heteroatoms. The molecule has 0 aliphatic rings. The van der Waals surface area contributed by atoms with Gasteiger partial charge in [0.1, 0.15) is 5.82 Å². The molecule has 0 aliphatic carbocycles. The van der Waals surface area contributed by atoms with Gasteiger partial charge in [0.15, 0.2) is 5.82 Å². The molecule has 31 heavy (non-hydrogen) atoms.